The zero-order valence-electron chi connectivity index (χ0n) is 12.9. The molecule has 0 aliphatic carbocycles. The van der Waals surface area contributed by atoms with Crippen molar-refractivity contribution in [3.8, 4) is 12.3 Å². The summed E-state index contributed by atoms with van der Waals surface area (Å²) in [7, 11) is 1.37. The van der Waals surface area contributed by atoms with E-state index in [1.54, 1.807) is 12.1 Å². The van der Waals surface area contributed by atoms with E-state index in [1.807, 2.05) is 19.1 Å². The third-order valence-corrected chi connectivity index (χ3v) is 2.75. The minimum absolute atomic E-state index is 0. The van der Waals surface area contributed by atoms with Crippen LogP contribution >= 0.6 is 24.0 Å². The number of esters is 1. The maximum absolute atomic E-state index is 11.3. The van der Waals surface area contributed by atoms with Crippen LogP contribution in [0.15, 0.2) is 29.3 Å². The Morgan fingerprint density at radius 3 is 2.55 bits per heavy atom. The average Bonchev–Trinajstić information content (AvgIpc) is 2.52. The molecule has 5 nitrogen and oxygen atoms in total. The van der Waals surface area contributed by atoms with Crippen molar-refractivity contribution in [1.82, 2.24) is 10.6 Å². The Hall–Kier alpha value is -1.75. The van der Waals surface area contributed by atoms with Crippen LogP contribution in [0.3, 0.4) is 0 Å². The topological polar surface area (TPSA) is 62.7 Å². The third kappa shape index (κ3) is 7.31. The summed E-state index contributed by atoms with van der Waals surface area (Å²) < 4.78 is 4.66. The molecule has 0 amide bonds. The maximum atomic E-state index is 11.3. The van der Waals surface area contributed by atoms with E-state index in [0.717, 1.165) is 18.5 Å². The molecule has 0 aliphatic heterocycles. The molecule has 0 bridgehead atoms. The van der Waals surface area contributed by atoms with Crippen LogP contribution in [0.1, 0.15) is 22.8 Å². The van der Waals surface area contributed by atoms with Crippen molar-refractivity contribution in [2.24, 2.45) is 4.99 Å². The van der Waals surface area contributed by atoms with Crippen LogP contribution in [0, 0.1) is 12.3 Å². The zero-order valence-corrected chi connectivity index (χ0v) is 15.2. The lowest BCUT2D eigenvalue weighted by Crippen LogP contribution is -2.37. The highest BCUT2D eigenvalue weighted by atomic mass is 127. The van der Waals surface area contributed by atoms with Gasteiger partial charge in [0.1, 0.15) is 0 Å². The second kappa shape index (κ2) is 11.9. The number of hydrogen-bond acceptors (Lipinski definition) is 3. The highest BCUT2D eigenvalue weighted by Gasteiger charge is 2.04. The number of halogens is 1. The van der Waals surface area contributed by atoms with Crippen LogP contribution < -0.4 is 10.6 Å². The van der Waals surface area contributed by atoms with Crippen LogP contribution in [0.25, 0.3) is 0 Å². The summed E-state index contributed by atoms with van der Waals surface area (Å²) in [5, 5.41) is 6.15. The van der Waals surface area contributed by atoms with E-state index in [0.29, 0.717) is 24.6 Å². The minimum Gasteiger partial charge on any atom is -0.465 e. The summed E-state index contributed by atoms with van der Waals surface area (Å²) in [5.74, 6) is 2.89. The molecule has 1 rings (SSSR count). The molecule has 6 heteroatoms. The molecule has 0 fully saturated rings. The van der Waals surface area contributed by atoms with E-state index in [4.69, 9.17) is 6.42 Å². The van der Waals surface area contributed by atoms with Gasteiger partial charge in [0.25, 0.3) is 0 Å². The van der Waals surface area contributed by atoms with E-state index < -0.39 is 0 Å². The van der Waals surface area contributed by atoms with E-state index in [2.05, 4.69) is 26.3 Å². The summed E-state index contributed by atoms with van der Waals surface area (Å²) in [4.78, 5) is 15.8. The number of guanidine groups is 1. The fraction of sp³-hybridized carbons (Fsp3) is 0.375. The van der Waals surface area contributed by atoms with Crippen molar-refractivity contribution < 1.29 is 9.53 Å². The molecule has 0 radical (unpaired) electrons. The number of terminal acetylenes is 1. The van der Waals surface area contributed by atoms with Crippen molar-refractivity contribution in [3.05, 3.63) is 35.4 Å². The number of ether oxygens (including phenoxy) is 1. The van der Waals surface area contributed by atoms with Crippen molar-refractivity contribution in [2.45, 2.75) is 13.3 Å². The number of nitrogens with zero attached hydrogens (tertiary/aromatic N) is 1. The Kier molecular flexibility index (Phi) is 10.9. The van der Waals surface area contributed by atoms with Crippen molar-refractivity contribution in [1.29, 1.82) is 0 Å². The maximum Gasteiger partial charge on any atom is 0.337 e. The number of hydrogen-bond donors (Lipinski definition) is 2. The summed E-state index contributed by atoms with van der Waals surface area (Å²) in [5.41, 5.74) is 1.66. The van der Waals surface area contributed by atoms with E-state index in [-0.39, 0.29) is 29.9 Å². The van der Waals surface area contributed by atoms with Gasteiger partial charge in [-0.25, -0.2) is 4.79 Å². The van der Waals surface area contributed by atoms with Gasteiger partial charge in [-0.05, 0) is 31.0 Å². The Balaban J connectivity index is 0.00000441. The van der Waals surface area contributed by atoms with Crippen molar-refractivity contribution >= 4 is 35.9 Å². The molecule has 1 aromatic rings. The first-order valence-corrected chi connectivity index (χ1v) is 6.84. The smallest absolute Gasteiger partial charge is 0.337 e. The molecule has 0 spiro atoms. The van der Waals surface area contributed by atoms with Crippen LogP contribution in [-0.2, 0) is 11.2 Å². The van der Waals surface area contributed by atoms with Gasteiger partial charge in [-0.3, -0.25) is 4.99 Å². The molecule has 0 aromatic heterocycles. The minimum atomic E-state index is -0.326. The molecule has 0 heterocycles. The molecule has 0 atom stereocenters. The number of aliphatic imine (C=N–C) groups is 1. The lowest BCUT2D eigenvalue weighted by molar-refractivity contribution is 0.0600. The molecule has 120 valence electrons. The van der Waals surface area contributed by atoms with Gasteiger partial charge in [0.15, 0.2) is 5.96 Å². The van der Waals surface area contributed by atoms with Gasteiger partial charge in [0.05, 0.1) is 19.2 Å². The molecular formula is C16H22IN3O2. The zero-order chi connectivity index (χ0) is 15.5. The summed E-state index contributed by atoms with van der Waals surface area (Å²) in [6.07, 6.45) is 6.00. The fourth-order valence-electron chi connectivity index (χ4n) is 1.70. The number of methoxy groups -OCH3 is 1. The second-order valence-corrected chi connectivity index (χ2v) is 4.26. The molecule has 0 aliphatic rings. The van der Waals surface area contributed by atoms with Crippen LogP contribution in [0.5, 0.6) is 0 Å². The van der Waals surface area contributed by atoms with Gasteiger partial charge in [-0.1, -0.05) is 18.1 Å². The summed E-state index contributed by atoms with van der Waals surface area (Å²) >= 11 is 0. The average molecular weight is 415 g/mol. The number of carbonyl (C=O) groups excluding carboxylic acids is 1. The molecule has 0 saturated heterocycles. The molecular weight excluding hydrogens is 393 g/mol. The predicted octanol–water partition coefficient (Wildman–Crippen LogP) is 1.82. The molecule has 0 saturated carbocycles. The van der Waals surface area contributed by atoms with Gasteiger partial charge < -0.3 is 15.4 Å². The first-order valence-electron chi connectivity index (χ1n) is 6.84. The Morgan fingerprint density at radius 2 is 2.00 bits per heavy atom. The van der Waals surface area contributed by atoms with Crippen molar-refractivity contribution in [2.75, 3.05) is 26.7 Å². The number of benzene rings is 1. The van der Waals surface area contributed by atoms with Crippen molar-refractivity contribution in [3.63, 3.8) is 0 Å². The second-order valence-electron chi connectivity index (χ2n) is 4.26. The van der Waals surface area contributed by atoms with Gasteiger partial charge in [-0.15, -0.1) is 30.4 Å². The predicted molar refractivity (Wildman–Crippen MR) is 99.7 cm³/mol. The lowest BCUT2D eigenvalue weighted by Gasteiger charge is -2.08. The highest BCUT2D eigenvalue weighted by molar-refractivity contribution is 14.0. The van der Waals surface area contributed by atoms with E-state index in [9.17, 15) is 4.79 Å². The Labute approximate surface area is 148 Å². The Bertz CT molecular complexity index is 521. The quantitative estimate of drug-likeness (QED) is 0.245. The number of carbonyl (C=O) groups is 1. The van der Waals surface area contributed by atoms with Crippen LogP contribution in [-0.4, -0.2) is 38.7 Å². The summed E-state index contributed by atoms with van der Waals surface area (Å²) in [6.45, 7) is 3.86. The third-order valence-electron chi connectivity index (χ3n) is 2.75. The number of nitrogens with one attached hydrogen (secondary N) is 2. The molecule has 0 unspecified atom stereocenters. The monoisotopic (exact) mass is 415 g/mol. The van der Waals surface area contributed by atoms with E-state index >= 15 is 0 Å². The summed E-state index contributed by atoms with van der Waals surface area (Å²) in [6, 6.07) is 7.33. The molecule has 2 N–H and O–H groups in total. The van der Waals surface area contributed by atoms with Gasteiger partial charge >= 0.3 is 5.97 Å². The van der Waals surface area contributed by atoms with Gasteiger partial charge in [0.2, 0.25) is 0 Å². The fourth-order valence-corrected chi connectivity index (χ4v) is 1.70. The largest absolute Gasteiger partial charge is 0.465 e. The van der Waals surface area contributed by atoms with Gasteiger partial charge in [-0.2, -0.15) is 0 Å². The molecule has 22 heavy (non-hydrogen) atoms. The normalized spacial score (nSPS) is 10.1. The van der Waals surface area contributed by atoms with E-state index in [1.165, 1.54) is 7.11 Å². The SMILES string of the molecule is C#CCNC(=NCCc1ccc(C(=O)OC)cc1)NCC.I. The first kappa shape index (κ1) is 20.2. The standard InChI is InChI=1S/C16H21N3O2.HI/c1-4-11-18-16(17-5-2)19-12-10-13-6-8-14(9-7-13)15(20)21-3;/h1,6-9H,5,10-12H2,2-3H3,(H2,17,18,19);1H. The Morgan fingerprint density at radius 1 is 1.32 bits per heavy atom. The first-order chi connectivity index (χ1) is 10.2. The van der Waals surface area contributed by atoms with Gasteiger partial charge in [0, 0.05) is 13.1 Å². The number of rotatable bonds is 6. The highest BCUT2D eigenvalue weighted by Crippen LogP contribution is 2.06. The molecule has 1 aromatic carbocycles. The van der Waals surface area contributed by atoms with Crippen LogP contribution in [0.2, 0.25) is 0 Å². The lowest BCUT2D eigenvalue weighted by atomic mass is 10.1. The van der Waals surface area contributed by atoms with Crippen LogP contribution in [0.4, 0.5) is 0 Å².